The van der Waals surface area contributed by atoms with E-state index >= 15 is 0 Å². The van der Waals surface area contributed by atoms with Gasteiger partial charge in [-0.25, -0.2) is 0 Å². The largest absolute Gasteiger partial charge is 0.506 e. The molecule has 1 fully saturated rings. The number of aromatic hydroxyl groups is 1. The molecule has 13 heavy (non-hydrogen) atoms. The fraction of sp³-hybridized carbons (Fsp3) is 0.222. The van der Waals surface area contributed by atoms with Gasteiger partial charge in [0, 0.05) is 13.0 Å². The number of amides is 1. The van der Waals surface area contributed by atoms with Crippen LogP contribution in [0.1, 0.15) is 6.42 Å². The topological polar surface area (TPSA) is 52.6 Å². The quantitative estimate of drug-likeness (QED) is 0.663. The van der Waals surface area contributed by atoms with Crippen LogP contribution in [0.15, 0.2) is 24.3 Å². The van der Waals surface area contributed by atoms with E-state index in [0.29, 0.717) is 18.7 Å². The van der Waals surface area contributed by atoms with Crippen LogP contribution in [0.2, 0.25) is 0 Å². The second kappa shape index (κ2) is 2.97. The Balaban J connectivity index is 2.26. The van der Waals surface area contributed by atoms with Gasteiger partial charge in [0.25, 0.3) is 0 Å². The number of hydrogen-bond acceptors (Lipinski definition) is 3. The highest BCUT2D eigenvalue weighted by atomic mass is 16.3. The number of phenols is 1. The molecule has 2 N–H and O–H groups in total. The monoisotopic (exact) mass is 178 g/mol. The van der Waals surface area contributed by atoms with E-state index < -0.39 is 0 Å². The van der Waals surface area contributed by atoms with Crippen molar-refractivity contribution in [2.24, 2.45) is 0 Å². The van der Waals surface area contributed by atoms with Crippen LogP contribution in [0.25, 0.3) is 0 Å². The van der Waals surface area contributed by atoms with Crippen LogP contribution in [0.4, 0.5) is 5.69 Å². The molecular weight excluding hydrogens is 168 g/mol. The Hall–Kier alpha value is -1.71. The smallest absolute Gasteiger partial charge is 0.240 e. The van der Waals surface area contributed by atoms with Crippen molar-refractivity contribution in [1.29, 1.82) is 0 Å². The molecule has 4 nitrogen and oxygen atoms in total. The number of carbonyl (C=O) groups excluding carboxylic acids is 1. The minimum atomic E-state index is -0.0109. The number of carbonyl (C=O) groups is 1. The fourth-order valence-electron chi connectivity index (χ4n) is 1.35. The number of phenolic OH excluding ortho intramolecular Hbond substituents is 1. The lowest BCUT2D eigenvalue weighted by molar-refractivity contribution is -0.119. The molecule has 1 aromatic rings. The van der Waals surface area contributed by atoms with Crippen molar-refractivity contribution >= 4 is 11.6 Å². The third kappa shape index (κ3) is 1.42. The van der Waals surface area contributed by atoms with Gasteiger partial charge < -0.3 is 5.11 Å². The SMILES string of the molecule is O=C1CCN(c2ccccc2O)N1. The van der Waals surface area contributed by atoms with Crippen molar-refractivity contribution in [3.63, 3.8) is 0 Å². The first-order valence-corrected chi connectivity index (χ1v) is 4.12. The molecule has 4 heteroatoms. The van der Waals surface area contributed by atoms with E-state index in [2.05, 4.69) is 5.43 Å². The van der Waals surface area contributed by atoms with Crippen LogP contribution in [0, 0.1) is 0 Å². The van der Waals surface area contributed by atoms with Crippen molar-refractivity contribution < 1.29 is 9.90 Å². The normalized spacial score (nSPS) is 16.0. The Morgan fingerprint density at radius 3 is 2.77 bits per heavy atom. The van der Waals surface area contributed by atoms with Gasteiger partial charge in [0.05, 0.1) is 5.69 Å². The molecule has 0 bridgehead atoms. The molecule has 0 unspecified atom stereocenters. The zero-order valence-electron chi connectivity index (χ0n) is 7.03. The van der Waals surface area contributed by atoms with E-state index in [4.69, 9.17) is 0 Å². The van der Waals surface area contributed by atoms with Gasteiger partial charge in [-0.05, 0) is 12.1 Å². The van der Waals surface area contributed by atoms with Gasteiger partial charge in [-0.3, -0.25) is 15.2 Å². The van der Waals surface area contributed by atoms with Crippen LogP contribution in [0.5, 0.6) is 5.75 Å². The minimum absolute atomic E-state index is 0.0109. The van der Waals surface area contributed by atoms with E-state index in [1.165, 1.54) is 0 Å². The van der Waals surface area contributed by atoms with Crippen molar-refractivity contribution in [2.75, 3.05) is 11.6 Å². The first-order valence-electron chi connectivity index (χ1n) is 4.12. The minimum Gasteiger partial charge on any atom is -0.506 e. The summed E-state index contributed by atoms with van der Waals surface area (Å²) in [7, 11) is 0. The van der Waals surface area contributed by atoms with Crippen LogP contribution in [-0.4, -0.2) is 17.6 Å². The number of hydrogen-bond donors (Lipinski definition) is 2. The first kappa shape index (κ1) is 7.91. The van der Waals surface area contributed by atoms with E-state index in [0.717, 1.165) is 0 Å². The highest BCUT2D eigenvalue weighted by molar-refractivity contribution is 5.82. The van der Waals surface area contributed by atoms with Gasteiger partial charge in [0.15, 0.2) is 0 Å². The summed E-state index contributed by atoms with van der Waals surface area (Å²) < 4.78 is 0. The van der Waals surface area contributed by atoms with Gasteiger partial charge in [0.1, 0.15) is 5.75 Å². The van der Waals surface area contributed by atoms with Crippen LogP contribution in [0.3, 0.4) is 0 Å². The molecular formula is C9H10N2O2. The zero-order chi connectivity index (χ0) is 9.26. The number of hydrazine groups is 1. The van der Waals surface area contributed by atoms with Crippen molar-refractivity contribution in [3.8, 4) is 5.75 Å². The summed E-state index contributed by atoms with van der Waals surface area (Å²) in [6.45, 7) is 0.608. The van der Waals surface area contributed by atoms with E-state index in [-0.39, 0.29) is 11.7 Å². The number of benzene rings is 1. The molecule has 1 amide bonds. The molecule has 0 saturated carbocycles. The number of nitrogens with zero attached hydrogens (tertiary/aromatic N) is 1. The molecule has 2 rings (SSSR count). The van der Waals surface area contributed by atoms with Crippen molar-refractivity contribution in [2.45, 2.75) is 6.42 Å². The van der Waals surface area contributed by atoms with E-state index in [9.17, 15) is 9.90 Å². The maximum atomic E-state index is 10.9. The van der Waals surface area contributed by atoms with Gasteiger partial charge in [-0.2, -0.15) is 0 Å². The molecule has 1 aromatic carbocycles. The average Bonchev–Trinajstić information content (AvgIpc) is 2.53. The summed E-state index contributed by atoms with van der Waals surface area (Å²) in [4.78, 5) is 10.9. The molecule has 1 heterocycles. The summed E-state index contributed by atoms with van der Waals surface area (Å²) in [5.41, 5.74) is 3.29. The molecule has 1 aliphatic heterocycles. The molecule has 1 saturated heterocycles. The van der Waals surface area contributed by atoms with E-state index in [1.54, 1.807) is 23.2 Å². The molecule has 1 aliphatic rings. The predicted molar refractivity (Wildman–Crippen MR) is 48.2 cm³/mol. The fourth-order valence-corrected chi connectivity index (χ4v) is 1.35. The number of anilines is 1. The van der Waals surface area contributed by atoms with Crippen LogP contribution >= 0.6 is 0 Å². The number of rotatable bonds is 1. The van der Waals surface area contributed by atoms with Crippen molar-refractivity contribution in [1.82, 2.24) is 5.43 Å². The standard InChI is InChI=1S/C9H10N2O2/c12-8-4-2-1-3-7(8)11-6-5-9(13)10-11/h1-4,12H,5-6H2,(H,10,13). The summed E-state index contributed by atoms with van der Waals surface area (Å²) in [6.07, 6.45) is 0.480. The van der Waals surface area contributed by atoms with Crippen LogP contribution in [-0.2, 0) is 4.79 Å². The van der Waals surface area contributed by atoms with E-state index in [1.807, 2.05) is 6.07 Å². The molecule has 68 valence electrons. The Morgan fingerprint density at radius 2 is 2.15 bits per heavy atom. The lowest BCUT2D eigenvalue weighted by Gasteiger charge is -2.17. The Kier molecular flexibility index (Phi) is 1.81. The molecule has 0 atom stereocenters. The zero-order valence-corrected chi connectivity index (χ0v) is 7.03. The lowest BCUT2D eigenvalue weighted by atomic mass is 10.3. The summed E-state index contributed by atoms with van der Waals surface area (Å²) >= 11 is 0. The van der Waals surface area contributed by atoms with Crippen LogP contribution < -0.4 is 10.4 Å². The average molecular weight is 178 g/mol. The lowest BCUT2D eigenvalue weighted by Crippen LogP contribution is -2.32. The van der Waals surface area contributed by atoms with Gasteiger partial charge >= 0.3 is 0 Å². The first-order chi connectivity index (χ1) is 6.27. The molecule has 0 aliphatic carbocycles. The number of para-hydroxylation sites is 2. The number of nitrogens with one attached hydrogen (secondary N) is 1. The predicted octanol–water partition coefficient (Wildman–Crippen LogP) is 0.633. The second-order valence-corrected chi connectivity index (χ2v) is 2.93. The maximum Gasteiger partial charge on any atom is 0.240 e. The van der Waals surface area contributed by atoms with Crippen molar-refractivity contribution in [3.05, 3.63) is 24.3 Å². The van der Waals surface area contributed by atoms with Gasteiger partial charge in [-0.1, -0.05) is 12.1 Å². The highest BCUT2D eigenvalue weighted by Gasteiger charge is 2.20. The highest BCUT2D eigenvalue weighted by Crippen LogP contribution is 2.26. The maximum absolute atomic E-state index is 10.9. The summed E-state index contributed by atoms with van der Waals surface area (Å²) in [5, 5.41) is 11.1. The third-order valence-electron chi connectivity index (χ3n) is 1.99. The molecule has 0 spiro atoms. The Bertz CT molecular complexity index is 338. The second-order valence-electron chi connectivity index (χ2n) is 2.93. The molecule has 0 aromatic heterocycles. The third-order valence-corrected chi connectivity index (χ3v) is 1.99. The Morgan fingerprint density at radius 1 is 1.38 bits per heavy atom. The van der Waals surface area contributed by atoms with Gasteiger partial charge in [0.2, 0.25) is 5.91 Å². The molecule has 0 radical (unpaired) electrons. The summed E-state index contributed by atoms with van der Waals surface area (Å²) in [5.74, 6) is 0.174. The van der Waals surface area contributed by atoms with Gasteiger partial charge in [-0.15, -0.1) is 0 Å². The summed E-state index contributed by atoms with van der Waals surface area (Å²) in [6, 6.07) is 6.93. The Labute approximate surface area is 75.8 Å².